The van der Waals surface area contributed by atoms with Crippen molar-refractivity contribution in [2.75, 3.05) is 0 Å². The maximum absolute atomic E-state index is 12.1. The molecule has 0 radical (unpaired) electrons. The molecule has 2 aliphatic carbocycles. The van der Waals surface area contributed by atoms with Crippen LogP contribution in [0.4, 0.5) is 0 Å². The number of hydrogen-bond donors (Lipinski definition) is 1. The van der Waals surface area contributed by atoms with Crippen molar-refractivity contribution >= 4 is 29.1 Å². The number of rotatable bonds is 4. The van der Waals surface area contributed by atoms with Crippen LogP contribution in [-0.4, -0.2) is 21.7 Å². The van der Waals surface area contributed by atoms with E-state index < -0.39 is 5.56 Å². The zero-order chi connectivity index (χ0) is 15.9. The van der Waals surface area contributed by atoms with Gasteiger partial charge in [0.05, 0.1) is 11.2 Å². The molecule has 2 bridgehead atoms. The molecule has 0 spiro atoms. The highest BCUT2D eigenvalue weighted by Crippen LogP contribution is 2.49. The lowest BCUT2D eigenvalue weighted by Gasteiger charge is -2.28. The van der Waals surface area contributed by atoms with E-state index in [1.807, 2.05) is 6.92 Å². The van der Waals surface area contributed by atoms with Gasteiger partial charge in [0.15, 0.2) is 0 Å². The molecule has 5 nitrogen and oxygen atoms in total. The fourth-order valence-electron chi connectivity index (χ4n) is 4.01. The number of halogens is 2. The maximum atomic E-state index is 12.1. The number of hydrogen-bond acceptors (Lipinski definition) is 3. The van der Waals surface area contributed by atoms with E-state index in [0.29, 0.717) is 5.92 Å². The van der Waals surface area contributed by atoms with Crippen LogP contribution in [0.25, 0.3) is 0 Å². The molecular formula is C15H19Cl2N3O2. The number of nitrogens with one attached hydrogen (secondary N) is 1. The van der Waals surface area contributed by atoms with Crippen molar-refractivity contribution in [1.82, 2.24) is 15.1 Å². The summed E-state index contributed by atoms with van der Waals surface area (Å²) >= 11 is 11.5. The average molecular weight is 344 g/mol. The molecule has 4 unspecified atom stereocenters. The molecule has 22 heavy (non-hydrogen) atoms. The first-order valence-corrected chi connectivity index (χ1v) is 8.41. The highest BCUT2D eigenvalue weighted by atomic mass is 35.5. The lowest BCUT2D eigenvalue weighted by atomic mass is 9.84. The first-order chi connectivity index (χ1) is 10.5. The summed E-state index contributed by atoms with van der Waals surface area (Å²) in [6.45, 7) is 1.91. The van der Waals surface area contributed by atoms with Gasteiger partial charge in [-0.3, -0.25) is 9.59 Å². The molecule has 4 atom stereocenters. The van der Waals surface area contributed by atoms with Crippen molar-refractivity contribution < 1.29 is 4.79 Å². The van der Waals surface area contributed by atoms with Crippen molar-refractivity contribution in [1.29, 1.82) is 0 Å². The zero-order valence-electron chi connectivity index (χ0n) is 12.4. The molecule has 2 fully saturated rings. The van der Waals surface area contributed by atoms with Gasteiger partial charge in [-0.1, -0.05) is 29.6 Å². The van der Waals surface area contributed by atoms with E-state index in [2.05, 4.69) is 10.4 Å². The molecular weight excluding hydrogens is 325 g/mol. The second-order valence-corrected chi connectivity index (χ2v) is 7.25. The van der Waals surface area contributed by atoms with Crippen LogP contribution >= 0.6 is 23.2 Å². The van der Waals surface area contributed by atoms with Gasteiger partial charge in [-0.05, 0) is 43.9 Å². The Morgan fingerprint density at radius 1 is 1.45 bits per heavy atom. The first kappa shape index (κ1) is 15.8. The monoisotopic (exact) mass is 343 g/mol. The molecule has 2 saturated carbocycles. The third-order valence-corrected chi connectivity index (χ3v) is 5.81. The highest BCUT2D eigenvalue weighted by molar-refractivity contribution is 6.41. The molecule has 1 heterocycles. The summed E-state index contributed by atoms with van der Waals surface area (Å²) in [5.74, 6) is 1.92. The Kier molecular flexibility index (Phi) is 4.46. The van der Waals surface area contributed by atoms with Gasteiger partial charge in [0.2, 0.25) is 5.91 Å². The molecule has 1 aromatic rings. The molecule has 7 heteroatoms. The Labute approximate surface area is 139 Å². The average Bonchev–Trinajstić information content (AvgIpc) is 3.10. The van der Waals surface area contributed by atoms with E-state index in [-0.39, 0.29) is 28.5 Å². The Morgan fingerprint density at radius 2 is 2.23 bits per heavy atom. The van der Waals surface area contributed by atoms with Crippen LogP contribution in [-0.2, 0) is 11.3 Å². The third-order valence-electron chi connectivity index (χ3n) is 5.06. The van der Waals surface area contributed by atoms with Gasteiger partial charge in [0.1, 0.15) is 11.6 Å². The van der Waals surface area contributed by atoms with Gasteiger partial charge in [-0.15, -0.1) is 0 Å². The molecule has 120 valence electrons. The predicted molar refractivity (Wildman–Crippen MR) is 85.1 cm³/mol. The maximum Gasteiger partial charge on any atom is 0.287 e. The molecule has 0 aromatic carbocycles. The van der Waals surface area contributed by atoms with E-state index >= 15 is 0 Å². The quantitative estimate of drug-likeness (QED) is 0.913. The van der Waals surface area contributed by atoms with Gasteiger partial charge in [-0.2, -0.15) is 5.10 Å². The number of aromatic nitrogens is 2. The number of carbonyl (C=O) groups excluding carboxylic acids is 1. The molecule has 1 aromatic heterocycles. The van der Waals surface area contributed by atoms with Crippen LogP contribution < -0.4 is 10.9 Å². The number of carbonyl (C=O) groups is 1. The fraction of sp³-hybridized carbons (Fsp3) is 0.667. The minimum absolute atomic E-state index is 0.0960. The highest BCUT2D eigenvalue weighted by Gasteiger charge is 2.42. The van der Waals surface area contributed by atoms with E-state index in [1.54, 1.807) is 0 Å². The summed E-state index contributed by atoms with van der Waals surface area (Å²) in [6.07, 6.45) is 6.40. The van der Waals surface area contributed by atoms with E-state index in [0.717, 1.165) is 16.5 Å². The first-order valence-electron chi connectivity index (χ1n) is 7.66. The molecule has 2 aliphatic rings. The minimum atomic E-state index is -0.545. The topological polar surface area (TPSA) is 64.0 Å². The minimum Gasteiger partial charge on any atom is -0.352 e. The summed E-state index contributed by atoms with van der Waals surface area (Å²) in [7, 11) is 0. The molecule has 0 aliphatic heterocycles. The lowest BCUT2D eigenvalue weighted by Crippen LogP contribution is -2.43. The van der Waals surface area contributed by atoms with Crippen molar-refractivity contribution in [3.63, 3.8) is 0 Å². The van der Waals surface area contributed by atoms with Crippen LogP contribution in [0, 0.1) is 17.8 Å². The van der Waals surface area contributed by atoms with Crippen LogP contribution in [0.2, 0.25) is 10.0 Å². The normalized spacial score (nSPS) is 27.9. The van der Waals surface area contributed by atoms with Crippen LogP contribution in [0.3, 0.4) is 0 Å². The van der Waals surface area contributed by atoms with E-state index in [4.69, 9.17) is 23.2 Å². The van der Waals surface area contributed by atoms with E-state index in [1.165, 1.54) is 31.9 Å². The van der Waals surface area contributed by atoms with Gasteiger partial charge < -0.3 is 5.32 Å². The molecule has 3 rings (SSSR count). The van der Waals surface area contributed by atoms with Crippen LogP contribution in [0.5, 0.6) is 0 Å². The van der Waals surface area contributed by atoms with Gasteiger partial charge >= 0.3 is 0 Å². The smallest absolute Gasteiger partial charge is 0.287 e. The Bertz CT molecular complexity index is 646. The summed E-state index contributed by atoms with van der Waals surface area (Å²) in [4.78, 5) is 24.0. The molecule has 1 amide bonds. The summed E-state index contributed by atoms with van der Waals surface area (Å²) in [5.41, 5.74) is -0.545. The van der Waals surface area contributed by atoms with Gasteiger partial charge in [0, 0.05) is 6.04 Å². The van der Waals surface area contributed by atoms with Gasteiger partial charge in [-0.25, -0.2) is 4.68 Å². The standard InChI is InChI=1S/C15H19Cl2N3O2/c1-8(11-5-9-2-3-10(11)4-9)19-13(21)7-20-15(22)14(17)12(16)6-18-20/h6,8-11H,2-5,7H2,1H3,(H,19,21). The summed E-state index contributed by atoms with van der Waals surface area (Å²) < 4.78 is 1.04. The number of fused-ring (bicyclic) bond motifs is 2. The van der Waals surface area contributed by atoms with Crippen molar-refractivity contribution in [3.8, 4) is 0 Å². The Balaban J connectivity index is 1.61. The largest absolute Gasteiger partial charge is 0.352 e. The summed E-state index contributed by atoms with van der Waals surface area (Å²) in [5, 5.41) is 6.84. The fourth-order valence-corrected chi connectivity index (χ4v) is 4.28. The molecule has 1 N–H and O–H groups in total. The lowest BCUT2D eigenvalue weighted by molar-refractivity contribution is -0.123. The second-order valence-electron chi connectivity index (χ2n) is 6.46. The van der Waals surface area contributed by atoms with Crippen molar-refractivity contribution in [3.05, 3.63) is 26.6 Å². The molecule has 0 saturated heterocycles. The number of nitrogens with zero attached hydrogens (tertiary/aromatic N) is 2. The zero-order valence-corrected chi connectivity index (χ0v) is 13.9. The Hall–Kier alpha value is -1.07. The predicted octanol–water partition coefficient (Wildman–Crippen LogP) is 2.49. The van der Waals surface area contributed by atoms with Crippen molar-refractivity contribution in [2.24, 2.45) is 17.8 Å². The van der Waals surface area contributed by atoms with Crippen LogP contribution in [0.1, 0.15) is 32.6 Å². The van der Waals surface area contributed by atoms with Gasteiger partial charge in [0.25, 0.3) is 5.56 Å². The van der Waals surface area contributed by atoms with E-state index in [9.17, 15) is 9.59 Å². The Morgan fingerprint density at radius 3 is 2.86 bits per heavy atom. The summed E-state index contributed by atoms with van der Waals surface area (Å²) in [6, 6.07) is 0.126. The second kappa shape index (κ2) is 6.20. The van der Waals surface area contributed by atoms with Crippen LogP contribution in [0.15, 0.2) is 11.0 Å². The third kappa shape index (κ3) is 3.01. The SMILES string of the molecule is CC(NC(=O)Cn1ncc(Cl)c(Cl)c1=O)C1CC2CCC1C2. The van der Waals surface area contributed by atoms with Crippen molar-refractivity contribution in [2.45, 2.75) is 45.2 Å². The number of amides is 1.